The van der Waals surface area contributed by atoms with Crippen LogP contribution in [0.5, 0.6) is 0 Å². The zero-order valence-corrected chi connectivity index (χ0v) is 13.5. The summed E-state index contributed by atoms with van der Waals surface area (Å²) in [5.74, 6) is 0. The van der Waals surface area contributed by atoms with E-state index in [1.54, 1.807) is 0 Å². The molecule has 100 valence electrons. The van der Waals surface area contributed by atoms with Gasteiger partial charge in [0, 0.05) is 22.9 Å². The normalized spacial score (nSPS) is 19.6. The van der Waals surface area contributed by atoms with Crippen LogP contribution in [0.2, 0.25) is 5.02 Å². The molecule has 1 nitrogen and oxygen atoms in total. The lowest BCUT2D eigenvalue weighted by Crippen LogP contribution is -2.42. The van der Waals surface area contributed by atoms with Gasteiger partial charge >= 0.3 is 0 Å². The highest BCUT2D eigenvalue weighted by Gasteiger charge is 2.37. The Bertz CT molecular complexity index is 398. The van der Waals surface area contributed by atoms with Crippen molar-refractivity contribution in [3.8, 4) is 0 Å². The standard InChI is InChI=1S/C15H21BrClN/c1-12(13-5-3-6-14(17)9-13)18(2)11-15(10-16)7-4-8-15/h3,5-6,9,12H,4,7-8,10-11H2,1-2H3. The van der Waals surface area contributed by atoms with Gasteiger partial charge in [-0.25, -0.2) is 0 Å². The Hall–Kier alpha value is -0.0500. The van der Waals surface area contributed by atoms with E-state index in [9.17, 15) is 0 Å². The van der Waals surface area contributed by atoms with E-state index >= 15 is 0 Å². The van der Waals surface area contributed by atoms with Gasteiger partial charge in [-0.2, -0.15) is 0 Å². The molecule has 0 spiro atoms. The van der Waals surface area contributed by atoms with Crippen LogP contribution in [0.4, 0.5) is 0 Å². The first kappa shape index (κ1) is 14.4. The first-order chi connectivity index (χ1) is 8.56. The highest BCUT2D eigenvalue weighted by molar-refractivity contribution is 9.09. The minimum atomic E-state index is 0.417. The van der Waals surface area contributed by atoms with E-state index in [0.29, 0.717) is 11.5 Å². The first-order valence-electron chi connectivity index (χ1n) is 6.58. The van der Waals surface area contributed by atoms with Gasteiger partial charge in [-0.3, -0.25) is 4.90 Å². The fourth-order valence-corrected chi connectivity index (χ4v) is 3.63. The largest absolute Gasteiger partial charge is 0.299 e. The van der Waals surface area contributed by atoms with Crippen LogP contribution in [0.15, 0.2) is 24.3 Å². The predicted octanol–water partition coefficient (Wildman–Crippen LogP) is 4.90. The lowest BCUT2D eigenvalue weighted by Gasteiger charge is -2.44. The third-order valence-corrected chi connectivity index (χ3v) is 5.70. The van der Waals surface area contributed by atoms with Gasteiger partial charge in [0.15, 0.2) is 0 Å². The van der Waals surface area contributed by atoms with E-state index in [1.807, 2.05) is 12.1 Å². The van der Waals surface area contributed by atoms with E-state index in [1.165, 1.54) is 24.8 Å². The van der Waals surface area contributed by atoms with Crippen molar-refractivity contribution in [2.24, 2.45) is 5.41 Å². The minimum Gasteiger partial charge on any atom is -0.299 e. The summed E-state index contributed by atoms with van der Waals surface area (Å²) in [5.41, 5.74) is 1.80. The molecule has 1 aromatic carbocycles. The number of alkyl halides is 1. The van der Waals surface area contributed by atoms with Crippen LogP contribution in [0.1, 0.15) is 37.8 Å². The molecule has 0 radical (unpaired) electrons. The van der Waals surface area contributed by atoms with Crippen LogP contribution in [0.3, 0.4) is 0 Å². The quantitative estimate of drug-likeness (QED) is 0.694. The van der Waals surface area contributed by atoms with E-state index in [-0.39, 0.29) is 0 Å². The number of hydrogen-bond acceptors (Lipinski definition) is 1. The molecule has 0 N–H and O–H groups in total. The fraction of sp³-hybridized carbons (Fsp3) is 0.600. The summed E-state index contributed by atoms with van der Waals surface area (Å²) in [6, 6.07) is 8.62. The zero-order chi connectivity index (χ0) is 13.2. The molecule has 0 saturated heterocycles. The Labute approximate surface area is 124 Å². The molecule has 1 aromatic rings. The molecule has 1 aliphatic rings. The van der Waals surface area contributed by atoms with Crippen LogP contribution in [0.25, 0.3) is 0 Å². The summed E-state index contributed by atoms with van der Waals surface area (Å²) in [5, 5.41) is 1.94. The molecule has 18 heavy (non-hydrogen) atoms. The molecular weight excluding hydrogens is 310 g/mol. The summed E-state index contributed by atoms with van der Waals surface area (Å²) in [6.45, 7) is 3.41. The maximum absolute atomic E-state index is 6.07. The van der Waals surface area contributed by atoms with E-state index in [0.717, 1.165) is 16.9 Å². The topological polar surface area (TPSA) is 3.24 Å². The van der Waals surface area contributed by atoms with Gasteiger partial charge in [0.2, 0.25) is 0 Å². The third kappa shape index (κ3) is 3.09. The van der Waals surface area contributed by atoms with Gasteiger partial charge in [-0.05, 0) is 49.9 Å². The number of rotatable bonds is 5. The third-order valence-electron chi connectivity index (χ3n) is 4.27. The number of benzene rings is 1. The maximum atomic E-state index is 6.07. The molecule has 0 bridgehead atoms. The second kappa shape index (κ2) is 5.94. The van der Waals surface area contributed by atoms with Crippen molar-refractivity contribution in [2.75, 3.05) is 18.9 Å². The first-order valence-corrected chi connectivity index (χ1v) is 8.08. The Morgan fingerprint density at radius 1 is 1.44 bits per heavy atom. The van der Waals surface area contributed by atoms with Crippen molar-refractivity contribution in [3.63, 3.8) is 0 Å². The molecule has 0 heterocycles. The average Bonchev–Trinajstić information content (AvgIpc) is 2.32. The van der Waals surface area contributed by atoms with Gasteiger partial charge in [0.25, 0.3) is 0 Å². The van der Waals surface area contributed by atoms with Crippen LogP contribution in [-0.2, 0) is 0 Å². The molecule has 1 unspecified atom stereocenters. The van der Waals surface area contributed by atoms with Crippen molar-refractivity contribution in [2.45, 2.75) is 32.2 Å². The molecule has 1 fully saturated rings. The highest BCUT2D eigenvalue weighted by Crippen LogP contribution is 2.43. The van der Waals surface area contributed by atoms with Crippen LogP contribution in [-0.4, -0.2) is 23.8 Å². The van der Waals surface area contributed by atoms with Gasteiger partial charge in [0.1, 0.15) is 0 Å². The minimum absolute atomic E-state index is 0.417. The maximum Gasteiger partial charge on any atom is 0.0409 e. The predicted molar refractivity (Wildman–Crippen MR) is 82.6 cm³/mol. The monoisotopic (exact) mass is 329 g/mol. The summed E-state index contributed by atoms with van der Waals surface area (Å²) < 4.78 is 0. The second-order valence-corrected chi connectivity index (χ2v) is 6.63. The fourth-order valence-electron chi connectivity index (χ4n) is 2.70. The molecular formula is C15H21BrClN. The molecule has 3 heteroatoms. The van der Waals surface area contributed by atoms with Crippen LogP contribution < -0.4 is 0 Å². The van der Waals surface area contributed by atoms with E-state index in [2.05, 4.69) is 46.9 Å². The van der Waals surface area contributed by atoms with Gasteiger partial charge in [-0.1, -0.05) is 46.1 Å². The Morgan fingerprint density at radius 3 is 2.67 bits per heavy atom. The van der Waals surface area contributed by atoms with Crippen molar-refractivity contribution >= 4 is 27.5 Å². The zero-order valence-electron chi connectivity index (χ0n) is 11.1. The molecule has 0 aromatic heterocycles. The molecule has 2 rings (SSSR count). The highest BCUT2D eigenvalue weighted by atomic mass is 79.9. The Balaban J connectivity index is 2.02. The summed E-state index contributed by atoms with van der Waals surface area (Å²) in [7, 11) is 2.22. The van der Waals surface area contributed by atoms with Crippen molar-refractivity contribution in [1.29, 1.82) is 0 Å². The smallest absolute Gasteiger partial charge is 0.0409 e. The number of hydrogen-bond donors (Lipinski definition) is 0. The average molecular weight is 331 g/mol. The molecule has 0 amide bonds. The molecule has 1 aliphatic carbocycles. The van der Waals surface area contributed by atoms with Crippen molar-refractivity contribution in [3.05, 3.63) is 34.9 Å². The molecule has 0 aliphatic heterocycles. The Kier molecular flexibility index (Phi) is 4.74. The lowest BCUT2D eigenvalue weighted by molar-refractivity contribution is 0.0863. The SMILES string of the molecule is CC(c1cccc(Cl)c1)N(C)CC1(CBr)CCC1. The number of halogens is 2. The van der Waals surface area contributed by atoms with Gasteiger partial charge in [-0.15, -0.1) is 0 Å². The number of nitrogens with zero attached hydrogens (tertiary/aromatic N) is 1. The van der Waals surface area contributed by atoms with E-state index in [4.69, 9.17) is 11.6 Å². The molecule has 1 saturated carbocycles. The molecule has 1 atom stereocenters. The summed E-state index contributed by atoms with van der Waals surface area (Å²) in [4.78, 5) is 2.45. The lowest BCUT2D eigenvalue weighted by atomic mass is 9.70. The summed E-state index contributed by atoms with van der Waals surface area (Å²) in [6.07, 6.45) is 4.08. The van der Waals surface area contributed by atoms with Crippen molar-refractivity contribution in [1.82, 2.24) is 4.90 Å². The summed E-state index contributed by atoms with van der Waals surface area (Å²) >= 11 is 9.75. The van der Waals surface area contributed by atoms with Crippen LogP contribution in [0, 0.1) is 5.41 Å². The van der Waals surface area contributed by atoms with E-state index < -0.39 is 0 Å². The second-order valence-electron chi connectivity index (χ2n) is 5.63. The van der Waals surface area contributed by atoms with Crippen LogP contribution >= 0.6 is 27.5 Å². The van der Waals surface area contributed by atoms with Gasteiger partial charge in [0.05, 0.1) is 0 Å². The Morgan fingerprint density at radius 2 is 2.17 bits per heavy atom. The van der Waals surface area contributed by atoms with Gasteiger partial charge < -0.3 is 0 Å². The van der Waals surface area contributed by atoms with Crippen molar-refractivity contribution < 1.29 is 0 Å².